The second kappa shape index (κ2) is 12.0. The molecule has 5 heterocycles. The van der Waals surface area contributed by atoms with Crippen LogP contribution in [0.25, 0.3) is 11.4 Å². The molecule has 1 atom stereocenters. The number of aromatic nitrogens is 4. The number of carbonyl (C=O) groups is 3. The maximum Gasteiger partial charge on any atom is 0.416 e. The van der Waals surface area contributed by atoms with Crippen molar-refractivity contribution in [2.75, 3.05) is 45.2 Å². The SMILES string of the molecule is CN1CCC(C(=O)N2CCC3(CCc4c3c(=O)n3nc(C5=CCOCC5)nc3n4CC(=O)Nc3ccc(C(F)(F)F)cc3Cl)CC2)C1=O. The molecule has 3 aromatic rings. The van der Waals surface area contributed by atoms with E-state index in [1.807, 2.05) is 6.08 Å². The highest BCUT2D eigenvalue weighted by Crippen LogP contribution is 2.45. The van der Waals surface area contributed by atoms with Crippen LogP contribution in [0, 0.1) is 5.92 Å². The molecular formula is C32H33ClF3N7O5. The summed E-state index contributed by atoms with van der Waals surface area (Å²) in [7, 11) is 1.69. The van der Waals surface area contributed by atoms with Crippen LogP contribution in [-0.2, 0) is 43.7 Å². The van der Waals surface area contributed by atoms with Crippen LogP contribution in [0.3, 0.4) is 0 Å². The number of fused-ring (bicyclic) bond motifs is 3. The van der Waals surface area contributed by atoms with E-state index < -0.39 is 29.0 Å². The predicted octanol–water partition coefficient (Wildman–Crippen LogP) is 3.29. The van der Waals surface area contributed by atoms with E-state index in [9.17, 15) is 32.3 Å². The van der Waals surface area contributed by atoms with Crippen LogP contribution in [-0.4, -0.2) is 86.6 Å². The third kappa shape index (κ3) is 5.55. The molecule has 254 valence electrons. The molecule has 16 heteroatoms. The van der Waals surface area contributed by atoms with Gasteiger partial charge >= 0.3 is 6.18 Å². The van der Waals surface area contributed by atoms with Crippen LogP contribution >= 0.6 is 11.6 Å². The lowest BCUT2D eigenvalue weighted by atomic mass is 9.74. The van der Waals surface area contributed by atoms with Crippen molar-refractivity contribution in [3.63, 3.8) is 0 Å². The van der Waals surface area contributed by atoms with Crippen molar-refractivity contribution in [3.05, 3.63) is 62.3 Å². The van der Waals surface area contributed by atoms with Crippen LogP contribution in [0.5, 0.6) is 0 Å². The topological polar surface area (TPSA) is 131 Å². The zero-order valence-corrected chi connectivity index (χ0v) is 26.9. The lowest BCUT2D eigenvalue weighted by molar-refractivity contribution is -0.144. The van der Waals surface area contributed by atoms with Crippen LogP contribution < -0.4 is 10.9 Å². The van der Waals surface area contributed by atoms with Crippen LogP contribution in [0.1, 0.15) is 54.7 Å². The number of benzene rings is 1. The van der Waals surface area contributed by atoms with Gasteiger partial charge in [0, 0.05) is 43.4 Å². The number of halogens is 4. The first-order valence-electron chi connectivity index (χ1n) is 15.9. The fourth-order valence-electron chi connectivity index (χ4n) is 7.46. The Bertz CT molecular complexity index is 1930. The van der Waals surface area contributed by atoms with Gasteiger partial charge in [-0.15, -0.1) is 5.10 Å². The Morgan fingerprint density at radius 3 is 2.54 bits per heavy atom. The number of hydrogen-bond acceptors (Lipinski definition) is 7. The number of hydrogen-bond donors (Lipinski definition) is 1. The molecular weight excluding hydrogens is 655 g/mol. The Hall–Kier alpha value is -4.24. The second-order valence-electron chi connectivity index (χ2n) is 12.9. The van der Waals surface area contributed by atoms with Gasteiger partial charge in [-0.2, -0.15) is 22.7 Å². The summed E-state index contributed by atoms with van der Waals surface area (Å²) in [5, 5.41) is 6.92. The van der Waals surface area contributed by atoms with Gasteiger partial charge in [0.15, 0.2) is 5.82 Å². The molecule has 1 aliphatic carbocycles. The fourth-order valence-corrected chi connectivity index (χ4v) is 7.69. The quantitative estimate of drug-likeness (QED) is 0.408. The molecule has 1 spiro atoms. The van der Waals surface area contributed by atoms with E-state index in [1.165, 1.54) is 4.52 Å². The first kappa shape index (κ1) is 32.3. The van der Waals surface area contributed by atoms with Gasteiger partial charge in [-0.3, -0.25) is 19.2 Å². The Kier molecular flexibility index (Phi) is 8.09. The van der Waals surface area contributed by atoms with Crippen LogP contribution in [0.15, 0.2) is 29.1 Å². The molecule has 7 rings (SSSR count). The summed E-state index contributed by atoms with van der Waals surface area (Å²) in [6.07, 6.45) is 0.364. The first-order valence-corrected chi connectivity index (χ1v) is 16.2. The number of ether oxygens (including phenoxy) is 1. The molecule has 1 aromatic carbocycles. The average molecular weight is 688 g/mol. The van der Waals surface area contributed by atoms with Gasteiger partial charge in [-0.05, 0) is 62.3 Å². The van der Waals surface area contributed by atoms with E-state index in [2.05, 4.69) is 15.4 Å². The summed E-state index contributed by atoms with van der Waals surface area (Å²) in [5.74, 6) is -1.10. The lowest BCUT2D eigenvalue weighted by Gasteiger charge is -2.40. The Labute approximate surface area is 277 Å². The standard InChI is InChI=1S/C32H33ClF3N7O5/c1-40-11-5-20(27(40)45)28(46)41-12-9-31(10-13-41)8-4-23-25(31)29(47)43-30(38-26(39-43)18-6-14-48-15-7-18)42(23)17-24(44)37-22-3-2-19(16-21(22)33)32(34,35)36/h2-3,6,16,20H,4-5,7-15,17H2,1H3,(H,37,44). The number of piperidine rings is 1. The molecule has 0 bridgehead atoms. The summed E-state index contributed by atoms with van der Waals surface area (Å²) < 4.78 is 47.8. The third-order valence-electron chi connectivity index (χ3n) is 10.1. The van der Waals surface area contributed by atoms with Gasteiger partial charge in [0.2, 0.25) is 23.5 Å². The maximum absolute atomic E-state index is 14.2. The molecule has 2 fully saturated rings. The number of nitrogens with one attached hydrogen (secondary N) is 1. The lowest BCUT2D eigenvalue weighted by Crippen LogP contribution is -2.49. The molecule has 12 nitrogen and oxygen atoms in total. The second-order valence-corrected chi connectivity index (χ2v) is 13.3. The number of rotatable bonds is 5. The molecule has 2 aromatic heterocycles. The van der Waals surface area contributed by atoms with E-state index in [0.717, 1.165) is 23.8 Å². The summed E-state index contributed by atoms with van der Waals surface area (Å²) in [6.45, 7) is 1.85. The van der Waals surface area contributed by atoms with Crippen molar-refractivity contribution in [2.45, 2.75) is 56.7 Å². The maximum atomic E-state index is 14.2. The highest BCUT2D eigenvalue weighted by atomic mass is 35.5. The highest BCUT2D eigenvalue weighted by molar-refractivity contribution is 6.33. The van der Waals surface area contributed by atoms with Crippen molar-refractivity contribution in [3.8, 4) is 0 Å². The zero-order valence-electron chi connectivity index (χ0n) is 26.1. The predicted molar refractivity (Wildman–Crippen MR) is 167 cm³/mol. The van der Waals surface area contributed by atoms with E-state index >= 15 is 0 Å². The molecule has 3 aliphatic heterocycles. The van der Waals surface area contributed by atoms with Gasteiger partial charge in [0.1, 0.15) is 12.5 Å². The highest BCUT2D eigenvalue weighted by Gasteiger charge is 2.48. The molecule has 1 unspecified atom stereocenters. The van der Waals surface area contributed by atoms with E-state index in [1.54, 1.807) is 21.4 Å². The summed E-state index contributed by atoms with van der Waals surface area (Å²) >= 11 is 6.11. The minimum absolute atomic E-state index is 0.0124. The molecule has 0 radical (unpaired) electrons. The van der Waals surface area contributed by atoms with Crippen LogP contribution in [0.2, 0.25) is 5.02 Å². The minimum atomic E-state index is -4.59. The average Bonchev–Trinajstić information content (AvgIpc) is 3.76. The molecule has 1 N–H and O–H groups in total. The van der Waals surface area contributed by atoms with E-state index in [-0.39, 0.29) is 40.4 Å². The molecule has 4 aliphatic rings. The van der Waals surface area contributed by atoms with Gasteiger partial charge in [-0.1, -0.05) is 17.7 Å². The van der Waals surface area contributed by atoms with Crippen molar-refractivity contribution in [1.82, 2.24) is 29.0 Å². The monoisotopic (exact) mass is 687 g/mol. The number of alkyl halides is 3. The number of likely N-dealkylation sites (tertiary alicyclic amines) is 2. The smallest absolute Gasteiger partial charge is 0.377 e. The number of carbonyl (C=O) groups excluding carboxylic acids is 3. The summed E-state index contributed by atoms with van der Waals surface area (Å²) in [5.41, 5.74) is 0.129. The number of amides is 3. The van der Waals surface area contributed by atoms with Gasteiger partial charge in [-0.25, -0.2) is 0 Å². The van der Waals surface area contributed by atoms with E-state index in [4.69, 9.17) is 16.3 Å². The first-order chi connectivity index (χ1) is 22.9. The molecule has 48 heavy (non-hydrogen) atoms. The summed E-state index contributed by atoms with van der Waals surface area (Å²) in [6, 6.07) is 2.69. The van der Waals surface area contributed by atoms with Crippen LogP contribution in [0.4, 0.5) is 18.9 Å². The van der Waals surface area contributed by atoms with Crippen molar-refractivity contribution >= 4 is 46.4 Å². The zero-order chi connectivity index (χ0) is 34.0. The minimum Gasteiger partial charge on any atom is -0.377 e. The van der Waals surface area contributed by atoms with Crippen molar-refractivity contribution in [2.24, 2.45) is 5.92 Å². The molecule has 2 saturated heterocycles. The van der Waals surface area contributed by atoms with E-state index in [0.29, 0.717) is 88.5 Å². The summed E-state index contributed by atoms with van der Waals surface area (Å²) in [4.78, 5) is 61.5. The van der Waals surface area contributed by atoms with Crippen molar-refractivity contribution < 1.29 is 32.3 Å². The largest absolute Gasteiger partial charge is 0.416 e. The van der Waals surface area contributed by atoms with Gasteiger partial charge < -0.3 is 24.4 Å². The molecule has 0 saturated carbocycles. The Morgan fingerprint density at radius 1 is 1.12 bits per heavy atom. The normalized spacial score (nSPS) is 20.8. The van der Waals surface area contributed by atoms with Crippen molar-refractivity contribution in [1.29, 1.82) is 0 Å². The fraction of sp³-hybridized carbons (Fsp3) is 0.500. The number of nitrogens with zero attached hydrogens (tertiary/aromatic N) is 6. The third-order valence-corrected chi connectivity index (χ3v) is 10.4. The van der Waals surface area contributed by atoms with Gasteiger partial charge in [0.25, 0.3) is 5.56 Å². The Balaban J connectivity index is 1.22. The van der Waals surface area contributed by atoms with Gasteiger partial charge in [0.05, 0.1) is 29.5 Å². The molecule has 3 amide bonds. The number of anilines is 1. The Morgan fingerprint density at radius 2 is 1.90 bits per heavy atom.